The van der Waals surface area contributed by atoms with E-state index in [1.54, 1.807) is 49.4 Å². The van der Waals surface area contributed by atoms with Crippen LogP contribution < -0.4 is 20.1 Å². The first-order valence-corrected chi connectivity index (χ1v) is 12.2. The Kier molecular flexibility index (Phi) is 8.66. The average Bonchev–Trinajstić information content (AvgIpc) is 2.82. The van der Waals surface area contributed by atoms with Crippen LogP contribution in [0.15, 0.2) is 60.8 Å². The Bertz CT molecular complexity index is 1180. The van der Waals surface area contributed by atoms with Crippen LogP contribution in [0.2, 0.25) is 5.02 Å². The molecule has 180 valence electrons. The van der Waals surface area contributed by atoms with Crippen molar-refractivity contribution in [3.8, 4) is 17.2 Å². The molecule has 1 heterocycles. The van der Waals surface area contributed by atoms with Crippen LogP contribution in [0.3, 0.4) is 0 Å². The zero-order valence-electron chi connectivity index (χ0n) is 18.6. The molecule has 0 fully saturated rings. The molecule has 9 nitrogen and oxygen atoms in total. The molecule has 1 aromatic heterocycles. The van der Waals surface area contributed by atoms with Gasteiger partial charge >= 0.3 is 13.7 Å². The molecule has 2 aromatic carbocycles. The number of nitrogens with one attached hydrogen (secondary N) is 1. The van der Waals surface area contributed by atoms with Crippen molar-refractivity contribution in [3.05, 3.63) is 82.6 Å². The zero-order chi connectivity index (χ0) is 24.7. The maximum atomic E-state index is 13.6. The second-order valence-corrected chi connectivity index (χ2v) is 9.43. The molecule has 34 heavy (non-hydrogen) atoms. The van der Waals surface area contributed by atoms with Gasteiger partial charge in [-0.15, -0.1) is 0 Å². The summed E-state index contributed by atoms with van der Waals surface area (Å²) in [5, 5.41) is 13.3. The largest absolute Gasteiger partial charge is 0.506 e. The van der Waals surface area contributed by atoms with Crippen LogP contribution in [0.4, 0.5) is 0 Å². The highest BCUT2D eigenvalue weighted by Crippen LogP contribution is 2.46. The minimum Gasteiger partial charge on any atom is -0.506 e. The second-order valence-electron chi connectivity index (χ2n) is 7.30. The Hall–Kier alpha value is -2.94. The zero-order valence-corrected chi connectivity index (χ0v) is 20.3. The summed E-state index contributed by atoms with van der Waals surface area (Å²) < 4.78 is 30.2. The van der Waals surface area contributed by atoms with E-state index in [4.69, 9.17) is 31.1 Å². The number of pyridine rings is 1. The minimum atomic E-state index is -4.11. The van der Waals surface area contributed by atoms with Crippen molar-refractivity contribution >= 4 is 25.3 Å². The van der Waals surface area contributed by atoms with Crippen LogP contribution in [0.1, 0.15) is 23.7 Å². The maximum Gasteiger partial charge on any atom is 0.459 e. The van der Waals surface area contributed by atoms with Gasteiger partial charge in [-0.2, -0.15) is 5.09 Å². The van der Waals surface area contributed by atoms with Crippen molar-refractivity contribution in [2.24, 2.45) is 5.73 Å². The number of benzene rings is 2. The lowest BCUT2D eigenvalue weighted by Gasteiger charge is -2.23. The van der Waals surface area contributed by atoms with Gasteiger partial charge in [-0.3, -0.25) is 9.51 Å². The Morgan fingerprint density at radius 1 is 1.18 bits per heavy atom. The van der Waals surface area contributed by atoms with Gasteiger partial charge in [-0.25, -0.2) is 9.36 Å². The summed E-state index contributed by atoms with van der Waals surface area (Å²) in [5.74, 6) is -0.229. The predicted molar refractivity (Wildman–Crippen MR) is 128 cm³/mol. The average molecular weight is 506 g/mol. The van der Waals surface area contributed by atoms with Crippen molar-refractivity contribution in [2.45, 2.75) is 33.0 Å². The molecule has 3 aromatic rings. The van der Waals surface area contributed by atoms with Gasteiger partial charge in [0.2, 0.25) is 0 Å². The summed E-state index contributed by atoms with van der Waals surface area (Å²) >= 11 is 5.85. The van der Waals surface area contributed by atoms with Crippen molar-refractivity contribution in [2.75, 3.05) is 0 Å². The minimum absolute atomic E-state index is 0.0228. The van der Waals surface area contributed by atoms with Gasteiger partial charge in [0, 0.05) is 28.9 Å². The number of nitrogens with zero attached hydrogens (tertiary/aromatic N) is 1. The summed E-state index contributed by atoms with van der Waals surface area (Å²) in [5.41, 5.74) is 7.01. The maximum absolute atomic E-state index is 13.6. The fourth-order valence-electron chi connectivity index (χ4n) is 2.90. The lowest BCUT2D eigenvalue weighted by Crippen LogP contribution is -2.36. The third-order valence-corrected chi connectivity index (χ3v) is 6.61. The lowest BCUT2D eigenvalue weighted by molar-refractivity contribution is -0.135. The first-order chi connectivity index (χ1) is 16.2. The summed E-state index contributed by atoms with van der Waals surface area (Å²) in [6.07, 6.45) is 1.47. The molecule has 3 rings (SSSR count). The molecular formula is C23H25ClN3O6P. The van der Waals surface area contributed by atoms with E-state index in [0.717, 1.165) is 0 Å². The second kappa shape index (κ2) is 11.5. The van der Waals surface area contributed by atoms with E-state index in [0.29, 0.717) is 21.8 Å². The van der Waals surface area contributed by atoms with E-state index < -0.39 is 19.8 Å². The third kappa shape index (κ3) is 6.79. The number of hydrogen-bond donors (Lipinski definition) is 3. The van der Waals surface area contributed by atoms with Crippen molar-refractivity contribution < 1.29 is 28.3 Å². The van der Waals surface area contributed by atoms with Crippen LogP contribution in [0, 0.1) is 6.92 Å². The Morgan fingerprint density at radius 3 is 2.50 bits per heavy atom. The molecule has 2 unspecified atom stereocenters. The number of aromatic nitrogens is 1. The van der Waals surface area contributed by atoms with Crippen molar-refractivity contribution in [3.63, 3.8) is 0 Å². The quantitative estimate of drug-likeness (QED) is 0.207. The standard InChI is InChI=1S/C23H25ClN3O6P/c1-15-22(28)21(12-25)17(13-26-15)14-31-34(30,33-20-6-4-3-5-7-20)27-16(2)23(29)32-19-10-8-18(24)9-11-19/h3-11,13,16,28H,12,14,25H2,1-2H3,(H,27,30). The fourth-order valence-corrected chi connectivity index (χ4v) is 4.49. The number of halogens is 1. The number of aromatic hydroxyl groups is 1. The number of rotatable bonds is 10. The Morgan fingerprint density at radius 2 is 1.85 bits per heavy atom. The van der Waals surface area contributed by atoms with Crippen molar-refractivity contribution in [1.29, 1.82) is 0 Å². The Balaban J connectivity index is 1.78. The van der Waals surface area contributed by atoms with Crippen LogP contribution in [0.25, 0.3) is 0 Å². The molecule has 2 atom stereocenters. The van der Waals surface area contributed by atoms with E-state index in [1.807, 2.05) is 0 Å². The van der Waals surface area contributed by atoms with Gasteiger partial charge in [0.15, 0.2) is 0 Å². The molecule has 0 spiro atoms. The topological polar surface area (TPSA) is 133 Å². The SMILES string of the molecule is Cc1ncc(COP(=O)(NC(C)C(=O)Oc2ccc(Cl)cc2)Oc2ccccc2)c(CN)c1O. The molecule has 0 aliphatic heterocycles. The van der Waals surface area contributed by atoms with Crippen LogP contribution in [0.5, 0.6) is 17.2 Å². The molecular weight excluding hydrogens is 481 g/mol. The summed E-state index contributed by atoms with van der Waals surface area (Å²) in [4.78, 5) is 16.7. The number of hydrogen-bond acceptors (Lipinski definition) is 8. The number of ether oxygens (including phenoxy) is 1. The Labute approximate surface area is 202 Å². The first-order valence-electron chi connectivity index (χ1n) is 10.3. The molecule has 11 heteroatoms. The monoisotopic (exact) mass is 505 g/mol. The molecule has 4 N–H and O–H groups in total. The number of carbonyl (C=O) groups excluding carboxylic acids is 1. The number of carbonyl (C=O) groups is 1. The molecule has 0 saturated carbocycles. The molecule has 0 saturated heterocycles. The third-order valence-electron chi connectivity index (χ3n) is 4.73. The van der Waals surface area contributed by atoms with E-state index in [1.165, 1.54) is 25.3 Å². The number of para-hydroxylation sites is 1. The predicted octanol–water partition coefficient (Wildman–Crippen LogP) is 4.50. The number of nitrogens with two attached hydrogens (primary N) is 1. The highest BCUT2D eigenvalue weighted by atomic mass is 35.5. The number of aryl methyl sites for hydroxylation is 1. The molecule has 0 aliphatic carbocycles. The van der Waals surface area contributed by atoms with E-state index >= 15 is 0 Å². The van der Waals surface area contributed by atoms with Gasteiger partial charge in [0.1, 0.15) is 23.3 Å². The van der Waals surface area contributed by atoms with Gasteiger partial charge in [-0.1, -0.05) is 29.8 Å². The number of esters is 1. The highest BCUT2D eigenvalue weighted by molar-refractivity contribution is 7.52. The van der Waals surface area contributed by atoms with Gasteiger partial charge in [0.05, 0.1) is 12.3 Å². The van der Waals surface area contributed by atoms with Gasteiger partial charge < -0.3 is 20.1 Å². The smallest absolute Gasteiger partial charge is 0.459 e. The van der Waals surface area contributed by atoms with Crippen LogP contribution in [-0.2, 0) is 27.0 Å². The van der Waals surface area contributed by atoms with E-state index in [9.17, 15) is 14.5 Å². The van der Waals surface area contributed by atoms with Gasteiger partial charge in [0.25, 0.3) is 0 Å². The van der Waals surface area contributed by atoms with E-state index in [2.05, 4.69) is 10.1 Å². The van der Waals surface area contributed by atoms with Crippen LogP contribution >= 0.6 is 19.3 Å². The summed E-state index contributed by atoms with van der Waals surface area (Å²) in [7, 11) is -4.11. The summed E-state index contributed by atoms with van der Waals surface area (Å²) in [6.45, 7) is 2.88. The summed E-state index contributed by atoms with van der Waals surface area (Å²) in [6, 6.07) is 13.5. The fraction of sp³-hybridized carbons (Fsp3) is 0.217. The van der Waals surface area contributed by atoms with E-state index in [-0.39, 0.29) is 30.4 Å². The molecule has 0 radical (unpaired) electrons. The first kappa shape index (κ1) is 25.7. The van der Waals surface area contributed by atoms with Crippen LogP contribution in [-0.4, -0.2) is 22.1 Å². The molecule has 0 amide bonds. The normalized spacial score (nSPS) is 13.6. The molecule has 0 aliphatic rings. The lowest BCUT2D eigenvalue weighted by atomic mass is 10.1. The molecule has 0 bridgehead atoms. The van der Waals surface area contributed by atoms with Crippen molar-refractivity contribution in [1.82, 2.24) is 10.1 Å². The van der Waals surface area contributed by atoms with Gasteiger partial charge in [-0.05, 0) is 50.2 Å². The highest BCUT2D eigenvalue weighted by Gasteiger charge is 2.33.